The first kappa shape index (κ1) is 16.1. The van der Waals surface area contributed by atoms with E-state index in [-0.39, 0.29) is 0 Å². The molecule has 0 aromatic rings. The summed E-state index contributed by atoms with van der Waals surface area (Å²) in [6.45, 7) is 4.82. The molecule has 116 valence electrons. The zero-order chi connectivity index (χ0) is 14.2. The summed E-state index contributed by atoms with van der Waals surface area (Å²) >= 11 is 0. The van der Waals surface area contributed by atoms with Crippen molar-refractivity contribution in [1.82, 2.24) is 0 Å². The average Bonchev–Trinajstić information content (AvgIpc) is 2.48. The highest BCUT2D eigenvalue weighted by Gasteiger charge is 2.22. The molecule has 0 aromatic carbocycles. The lowest BCUT2D eigenvalue weighted by molar-refractivity contribution is 0.322. The maximum Gasteiger partial charge on any atom is -0.0203 e. The fourth-order valence-corrected chi connectivity index (χ4v) is 4.57. The van der Waals surface area contributed by atoms with E-state index in [9.17, 15) is 0 Å². The minimum atomic E-state index is 0.870. The van der Waals surface area contributed by atoms with Crippen LogP contribution in [0.3, 0.4) is 0 Å². The van der Waals surface area contributed by atoms with Gasteiger partial charge in [-0.05, 0) is 56.3 Å². The molecule has 0 radical (unpaired) electrons. The normalized spacial score (nSPS) is 33.5. The van der Waals surface area contributed by atoms with Crippen LogP contribution in [-0.2, 0) is 0 Å². The third kappa shape index (κ3) is 4.64. The molecule has 0 bridgehead atoms. The molecular formula is C20H36. The Hall–Kier alpha value is -0.260. The molecule has 0 spiro atoms. The summed E-state index contributed by atoms with van der Waals surface area (Å²) in [5.41, 5.74) is 1.86. The molecule has 0 heteroatoms. The van der Waals surface area contributed by atoms with E-state index in [4.69, 9.17) is 0 Å². The molecule has 2 aliphatic rings. The van der Waals surface area contributed by atoms with Crippen LogP contribution in [0.4, 0.5) is 0 Å². The summed E-state index contributed by atoms with van der Waals surface area (Å²) in [5.74, 6) is 2.78. The second-order valence-electron chi connectivity index (χ2n) is 7.27. The standard InChI is InChI=1S/C20H36/c1-3-17-12-8-6-5-7-9-13-19-14-10-11-15-20(19)16-18(17)4-2/h16-19H,3-15H2,1-2H3. The van der Waals surface area contributed by atoms with Crippen LogP contribution in [0, 0.1) is 17.8 Å². The van der Waals surface area contributed by atoms with Gasteiger partial charge in [-0.25, -0.2) is 0 Å². The second-order valence-corrected chi connectivity index (χ2v) is 7.27. The van der Waals surface area contributed by atoms with Gasteiger partial charge in [0.15, 0.2) is 0 Å². The molecule has 0 amide bonds. The molecule has 0 nitrogen and oxygen atoms in total. The maximum absolute atomic E-state index is 2.76. The predicted molar refractivity (Wildman–Crippen MR) is 89.9 cm³/mol. The lowest BCUT2D eigenvalue weighted by atomic mass is 9.76. The van der Waals surface area contributed by atoms with Crippen molar-refractivity contribution in [2.45, 2.75) is 97.3 Å². The number of fused-ring (bicyclic) bond motifs is 1. The Labute approximate surface area is 127 Å². The van der Waals surface area contributed by atoms with Crippen LogP contribution in [-0.4, -0.2) is 0 Å². The molecular weight excluding hydrogens is 240 g/mol. The summed E-state index contributed by atoms with van der Waals surface area (Å²) < 4.78 is 0. The van der Waals surface area contributed by atoms with Crippen LogP contribution >= 0.6 is 0 Å². The van der Waals surface area contributed by atoms with Crippen LogP contribution < -0.4 is 0 Å². The van der Waals surface area contributed by atoms with E-state index in [1.165, 1.54) is 83.5 Å². The Bertz CT molecular complexity index is 288. The maximum atomic E-state index is 2.76. The molecule has 0 heterocycles. The first-order chi connectivity index (χ1) is 9.85. The first-order valence-electron chi connectivity index (χ1n) is 9.55. The van der Waals surface area contributed by atoms with Gasteiger partial charge in [-0.15, -0.1) is 0 Å². The molecule has 3 atom stereocenters. The third-order valence-electron chi connectivity index (χ3n) is 5.95. The Morgan fingerprint density at radius 2 is 1.45 bits per heavy atom. The van der Waals surface area contributed by atoms with Crippen LogP contribution in [0.2, 0.25) is 0 Å². The highest BCUT2D eigenvalue weighted by Crippen LogP contribution is 2.37. The monoisotopic (exact) mass is 276 g/mol. The smallest absolute Gasteiger partial charge is 0.0203 e. The molecule has 3 unspecified atom stereocenters. The van der Waals surface area contributed by atoms with E-state index in [1.54, 1.807) is 0 Å². The Balaban J connectivity index is 2.12. The summed E-state index contributed by atoms with van der Waals surface area (Å²) in [7, 11) is 0. The van der Waals surface area contributed by atoms with E-state index < -0.39 is 0 Å². The van der Waals surface area contributed by atoms with Gasteiger partial charge in [0.1, 0.15) is 0 Å². The van der Waals surface area contributed by atoms with Gasteiger partial charge < -0.3 is 0 Å². The summed E-state index contributed by atoms with van der Waals surface area (Å²) in [6, 6.07) is 0. The molecule has 1 saturated carbocycles. The van der Waals surface area contributed by atoms with E-state index in [0.717, 1.165) is 17.8 Å². The first-order valence-corrected chi connectivity index (χ1v) is 9.55. The third-order valence-corrected chi connectivity index (χ3v) is 5.95. The van der Waals surface area contributed by atoms with Crippen LogP contribution in [0.1, 0.15) is 97.3 Å². The van der Waals surface area contributed by atoms with Crippen molar-refractivity contribution in [2.75, 3.05) is 0 Å². The molecule has 20 heavy (non-hydrogen) atoms. The van der Waals surface area contributed by atoms with Gasteiger partial charge in [0.2, 0.25) is 0 Å². The zero-order valence-corrected chi connectivity index (χ0v) is 14.0. The van der Waals surface area contributed by atoms with E-state index in [2.05, 4.69) is 19.9 Å². The van der Waals surface area contributed by atoms with Crippen LogP contribution in [0.25, 0.3) is 0 Å². The number of allylic oxidation sites excluding steroid dienone is 2. The molecule has 0 saturated heterocycles. The lowest BCUT2D eigenvalue weighted by Gasteiger charge is -2.30. The van der Waals surface area contributed by atoms with Gasteiger partial charge in [-0.3, -0.25) is 0 Å². The summed E-state index contributed by atoms with van der Waals surface area (Å²) in [6.07, 6.45) is 21.7. The fraction of sp³-hybridized carbons (Fsp3) is 0.900. The highest BCUT2D eigenvalue weighted by molar-refractivity contribution is 5.11. The van der Waals surface area contributed by atoms with E-state index >= 15 is 0 Å². The van der Waals surface area contributed by atoms with Crippen molar-refractivity contribution in [2.24, 2.45) is 17.8 Å². The molecule has 0 N–H and O–H groups in total. The number of hydrogen-bond donors (Lipinski definition) is 0. The Kier molecular flexibility index (Phi) is 7.17. The SMILES string of the molecule is CCC1C=C2CCCCC2CCCCCCCC1CC. The van der Waals surface area contributed by atoms with Gasteiger partial charge in [-0.2, -0.15) is 0 Å². The second kappa shape index (κ2) is 8.90. The highest BCUT2D eigenvalue weighted by atomic mass is 14.3. The van der Waals surface area contributed by atoms with Crippen molar-refractivity contribution in [3.63, 3.8) is 0 Å². The van der Waals surface area contributed by atoms with Crippen LogP contribution in [0.15, 0.2) is 11.6 Å². The Morgan fingerprint density at radius 1 is 0.800 bits per heavy atom. The minimum Gasteiger partial charge on any atom is -0.0817 e. The Morgan fingerprint density at radius 3 is 2.15 bits per heavy atom. The largest absolute Gasteiger partial charge is 0.0817 e. The zero-order valence-electron chi connectivity index (χ0n) is 14.0. The van der Waals surface area contributed by atoms with Gasteiger partial charge in [0.05, 0.1) is 0 Å². The van der Waals surface area contributed by atoms with Crippen molar-refractivity contribution < 1.29 is 0 Å². The minimum absolute atomic E-state index is 0.870. The predicted octanol–water partition coefficient (Wildman–Crippen LogP) is 6.90. The van der Waals surface area contributed by atoms with Crippen molar-refractivity contribution in [3.05, 3.63) is 11.6 Å². The van der Waals surface area contributed by atoms with Gasteiger partial charge >= 0.3 is 0 Å². The van der Waals surface area contributed by atoms with Crippen molar-refractivity contribution in [1.29, 1.82) is 0 Å². The lowest BCUT2D eigenvalue weighted by Crippen LogP contribution is -2.16. The van der Waals surface area contributed by atoms with Gasteiger partial charge in [0, 0.05) is 0 Å². The quantitative estimate of drug-likeness (QED) is 0.481. The molecule has 0 aliphatic heterocycles. The van der Waals surface area contributed by atoms with Crippen molar-refractivity contribution >= 4 is 0 Å². The number of rotatable bonds is 2. The van der Waals surface area contributed by atoms with E-state index in [0.29, 0.717) is 0 Å². The van der Waals surface area contributed by atoms with Gasteiger partial charge in [-0.1, -0.05) is 70.4 Å². The van der Waals surface area contributed by atoms with Crippen LogP contribution in [0.5, 0.6) is 0 Å². The number of hydrogen-bond acceptors (Lipinski definition) is 0. The summed E-state index contributed by atoms with van der Waals surface area (Å²) in [5, 5.41) is 0. The molecule has 2 aliphatic carbocycles. The summed E-state index contributed by atoms with van der Waals surface area (Å²) in [4.78, 5) is 0. The average molecular weight is 277 g/mol. The van der Waals surface area contributed by atoms with E-state index in [1.807, 2.05) is 5.57 Å². The molecule has 1 fully saturated rings. The van der Waals surface area contributed by atoms with Crippen molar-refractivity contribution in [3.8, 4) is 0 Å². The van der Waals surface area contributed by atoms with Gasteiger partial charge in [0.25, 0.3) is 0 Å². The topological polar surface area (TPSA) is 0 Å². The molecule has 0 aromatic heterocycles. The fourth-order valence-electron chi connectivity index (χ4n) is 4.57. The molecule has 2 rings (SSSR count).